The van der Waals surface area contributed by atoms with Gasteiger partial charge in [0.05, 0.1) is 6.61 Å². The summed E-state index contributed by atoms with van der Waals surface area (Å²) in [6.45, 7) is 4.35. The van der Waals surface area contributed by atoms with Gasteiger partial charge in [0, 0.05) is 37.7 Å². The van der Waals surface area contributed by atoms with Gasteiger partial charge in [0.2, 0.25) is 0 Å². The summed E-state index contributed by atoms with van der Waals surface area (Å²) in [5.74, 6) is -0.0565. The third kappa shape index (κ3) is 23.2. The molecule has 0 fully saturated rings. The fraction of sp³-hybridized carbons (Fsp3) is 0.784. The minimum absolute atomic E-state index is 0.177. The molecule has 48 heavy (non-hydrogen) atoms. The number of unbranched alkanes of at least 4 members (excludes halogenated alkanes) is 16. The summed E-state index contributed by atoms with van der Waals surface area (Å²) in [7, 11) is -3.98. The molecule has 0 unspecified atom stereocenters. The van der Waals surface area contributed by atoms with Crippen molar-refractivity contribution in [2.45, 2.75) is 148 Å². The van der Waals surface area contributed by atoms with Crippen LogP contribution in [0, 0.1) is 0 Å². The van der Waals surface area contributed by atoms with Crippen molar-refractivity contribution in [3.8, 4) is 5.75 Å². The lowest BCUT2D eigenvalue weighted by Crippen LogP contribution is -2.33. The van der Waals surface area contributed by atoms with Gasteiger partial charge in [-0.1, -0.05) is 135 Å². The second-order valence-corrected chi connectivity index (χ2v) is 15.2. The number of rotatable bonds is 33. The molecule has 0 saturated carbocycles. The third-order valence-electron chi connectivity index (χ3n) is 8.12. The molecule has 0 aliphatic carbocycles. The summed E-state index contributed by atoms with van der Waals surface area (Å²) in [6, 6.07) is 8.69. The molecule has 0 saturated heterocycles. The maximum Gasteiger partial charge on any atom is 0.461 e. The van der Waals surface area contributed by atoms with Crippen molar-refractivity contribution in [1.82, 2.24) is 4.67 Å². The van der Waals surface area contributed by atoms with Crippen molar-refractivity contribution in [2.75, 3.05) is 38.1 Å². The highest BCUT2D eigenvalue weighted by atomic mass is 35.5. The van der Waals surface area contributed by atoms with E-state index in [0.29, 0.717) is 18.6 Å². The molecule has 1 aromatic rings. The summed E-state index contributed by atoms with van der Waals surface area (Å²) >= 11 is 12.0. The molecule has 0 heterocycles. The topological polar surface area (TPSA) is 91.4 Å². The second-order valence-electron chi connectivity index (χ2n) is 12.5. The van der Waals surface area contributed by atoms with Crippen LogP contribution in [-0.4, -0.2) is 60.8 Å². The van der Waals surface area contributed by atoms with Gasteiger partial charge in [0.15, 0.2) is 6.10 Å². The Labute approximate surface area is 301 Å². The highest BCUT2D eigenvalue weighted by Crippen LogP contribution is 2.52. The Kier molecular flexibility index (Phi) is 28.4. The minimum Gasteiger partial charge on any atom is -0.462 e. The predicted octanol–water partition coefficient (Wildman–Crippen LogP) is 11.3. The quantitative estimate of drug-likeness (QED) is 0.0305. The van der Waals surface area contributed by atoms with Crippen molar-refractivity contribution in [1.29, 1.82) is 0 Å². The summed E-state index contributed by atoms with van der Waals surface area (Å²) in [6.07, 6.45) is 20.2. The number of esters is 2. The highest BCUT2D eigenvalue weighted by molar-refractivity contribution is 7.51. The van der Waals surface area contributed by atoms with Crippen LogP contribution in [0.15, 0.2) is 30.3 Å². The molecule has 0 amide bonds. The van der Waals surface area contributed by atoms with E-state index in [0.717, 1.165) is 32.1 Å². The van der Waals surface area contributed by atoms with E-state index in [4.69, 9.17) is 41.7 Å². The van der Waals surface area contributed by atoms with Crippen LogP contribution in [0.2, 0.25) is 0 Å². The fourth-order valence-electron chi connectivity index (χ4n) is 5.29. The van der Waals surface area contributed by atoms with Gasteiger partial charge in [-0.2, -0.15) is 4.67 Å². The molecular formula is C37H64Cl2NO7P. The number of hydrogen-bond acceptors (Lipinski definition) is 7. The molecule has 0 aliphatic heterocycles. The summed E-state index contributed by atoms with van der Waals surface area (Å²) in [5.41, 5.74) is 0. The first-order valence-electron chi connectivity index (χ1n) is 18.6. The number of hydrogen-bond donors (Lipinski definition) is 0. The van der Waals surface area contributed by atoms with Crippen LogP contribution < -0.4 is 4.52 Å². The summed E-state index contributed by atoms with van der Waals surface area (Å²) < 4.78 is 38.7. The monoisotopic (exact) mass is 735 g/mol. The molecular weight excluding hydrogens is 672 g/mol. The molecule has 0 aliphatic rings. The molecule has 0 bridgehead atoms. The Hall–Kier alpha value is -1.31. The first-order chi connectivity index (χ1) is 23.4. The number of carbonyl (C=O) groups excluding carboxylic acids is 2. The second kappa shape index (κ2) is 30.5. The average Bonchev–Trinajstić information content (AvgIpc) is 3.08. The Morgan fingerprint density at radius 1 is 0.667 bits per heavy atom. The van der Waals surface area contributed by atoms with Crippen LogP contribution in [0.4, 0.5) is 0 Å². The number of carbonyl (C=O) groups is 2. The average molecular weight is 737 g/mol. The van der Waals surface area contributed by atoms with E-state index in [1.807, 2.05) is 6.07 Å². The zero-order chi connectivity index (χ0) is 35.1. The minimum atomic E-state index is -3.98. The number of alkyl halides is 2. The molecule has 1 rings (SSSR count). The molecule has 0 aromatic heterocycles. The Morgan fingerprint density at radius 3 is 1.60 bits per heavy atom. The van der Waals surface area contributed by atoms with E-state index in [2.05, 4.69) is 13.8 Å². The molecule has 278 valence electrons. The lowest BCUT2D eigenvalue weighted by molar-refractivity contribution is -0.161. The molecule has 0 spiro atoms. The predicted molar refractivity (Wildman–Crippen MR) is 198 cm³/mol. The van der Waals surface area contributed by atoms with Crippen molar-refractivity contribution in [3.05, 3.63) is 30.3 Å². The van der Waals surface area contributed by atoms with Gasteiger partial charge in [0.1, 0.15) is 12.4 Å². The van der Waals surface area contributed by atoms with Crippen LogP contribution in [0.3, 0.4) is 0 Å². The summed E-state index contributed by atoms with van der Waals surface area (Å²) in [5, 5.41) is 0. The van der Waals surface area contributed by atoms with Gasteiger partial charge in [-0.25, -0.2) is 4.57 Å². The number of benzene rings is 1. The van der Waals surface area contributed by atoms with Gasteiger partial charge < -0.3 is 14.0 Å². The van der Waals surface area contributed by atoms with Gasteiger partial charge in [-0.15, -0.1) is 23.2 Å². The van der Waals surface area contributed by atoms with E-state index in [1.54, 1.807) is 24.3 Å². The van der Waals surface area contributed by atoms with Crippen LogP contribution in [0.25, 0.3) is 0 Å². The Bertz CT molecular complexity index is 966. The Balaban J connectivity index is 2.74. The van der Waals surface area contributed by atoms with Crippen LogP contribution in [-0.2, 0) is 28.2 Å². The maximum absolute atomic E-state index is 14.2. The molecule has 8 nitrogen and oxygen atoms in total. The van der Waals surface area contributed by atoms with E-state index in [-0.39, 0.29) is 50.5 Å². The lowest BCUT2D eigenvalue weighted by Gasteiger charge is -2.30. The van der Waals surface area contributed by atoms with Gasteiger partial charge in [-0.05, 0) is 25.0 Å². The van der Waals surface area contributed by atoms with E-state index in [9.17, 15) is 14.2 Å². The zero-order valence-corrected chi connectivity index (χ0v) is 32.3. The largest absolute Gasteiger partial charge is 0.462 e. The number of nitrogens with zero attached hydrogens (tertiary/aromatic N) is 1. The molecule has 2 atom stereocenters. The van der Waals surface area contributed by atoms with Crippen molar-refractivity contribution in [2.24, 2.45) is 0 Å². The van der Waals surface area contributed by atoms with Crippen LogP contribution >= 0.6 is 30.9 Å². The number of ether oxygens (including phenoxy) is 2. The first-order valence-corrected chi connectivity index (χ1v) is 21.2. The van der Waals surface area contributed by atoms with Gasteiger partial charge >= 0.3 is 19.7 Å². The fourth-order valence-corrected chi connectivity index (χ4v) is 7.70. The highest BCUT2D eigenvalue weighted by Gasteiger charge is 2.36. The Morgan fingerprint density at radius 2 is 1.12 bits per heavy atom. The first kappa shape index (κ1) is 44.7. The lowest BCUT2D eigenvalue weighted by atomic mass is 10.1. The zero-order valence-electron chi connectivity index (χ0n) is 29.9. The van der Waals surface area contributed by atoms with Crippen molar-refractivity contribution < 1.29 is 32.7 Å². The van der Waals surface area contributed by atoms with Crippen LogP contribution in [0.5, 0.6) is 5.75 Å². The van der Waals surface area contributed by atoms with Crippen molar-refractivity contribution in [3.63, 3.8) is 0 Å². The number of para-hydroxylation sites is 1. The van der Waals surface area contributed by atoms with Gasteiger partial charge in [-0.3, -0.25) is 14.1 Å². The molecule has 0 radical (unpaired) electrons. The van der Waals surface area contributed by atoms with Crippen molar-refractivity contribution >= 4 is 42.9 Å². The van der Waals surface area contributed by atoms with E-state index < -0.39 is 19.8 Å². The van der Waals surface area contributed by atoms with E-state index >= 15 is 0 Å². The molecule has 0 N–H and O–H groups in total. The molecule has 1 aromatic carbocycles. The standard InChI is InChI=1S/C37H64Cl2NO7P/c1-3-5-7-9-11-13-15-17-22-26-36(41)44-32-35(46-37(42)27-23-18-16-14-12-10-8-6-4-2)33-45-48(43,40(30-28-38)31-29-39)47-34-24-20-19-21-25-34/h19-21,24-25,35H,3-18,22-23,26-33H2,1-2H3/t35-,48-/m1/s1. The van der Waals surface area contributed by atoms with Gasteiger partial charge in [0.25, 0.3) is 0 Å². The van der Waals surface area contributed by atoms with E-state index in [1.165, 1.54) is 81.7 Å². The normalized spacial score (nSPS) is 13.3. The van der Waals surface area contributed by atoms with Crippen LogP contribution in [0.1, 0.15) is 142 Å². The maximum atomic E-state index is 14.2. The summed E-state index contributed by atoms with van der Waals surface area (Å²) in [4.78, 5) is 25.4. The molecule has 11 heteroatoms. The SMILES string of the molecule is CCCCCCCCCCCC(=O)OC[C@H](CO[P@@](=O)(Oc1ccccc1)N(CCCl)CCCl)OC(=O)CCCCCCCCCCC. The number of halogens is 2. The third-order valence-corrected chi connectivity index (χ3v) is 10.5. The smallest absolute Gasteiger partial charge is 0.461 e.